The van der Waals surface area contributed by atoms with Gasteiger partial charge in [-0.2, -0.15) is 0 Å². The van der Waals surface area contributed by atoms with Crippen LogP contribution >= 0.6 is 11.6 Å². The fourth-order valence-electron chi connectivity index (χ4n) is 2.57. The summed E-state index contributed by atoms with van der Waals surface area (Å²) < 4.78 is 5.67. The fourth-order valence-corrected chi connectivity index (χ4v) is 2.70. The molecule has 2 aromatic rings. The lowest BCUT2D eigenvalue weighted by Crippen LogP contribution is -2.30. The van der Waals surface area contributed by atoms with Crippen LogP contribution in [0.25, 0.3) is 11.5 Å². The fraction of sp³-hybridized carbons (Fsp3) is 0.467. The highest BCUT2D eigenvalue weighted by Gasteiger charge is 2.14. The zero-order valence-electron chi connectivity index (χ0n) is 11.3. The van der Waals surface area contributed by atoms with Gasteiger partial charge >= 0.3 is 0 Å². The van der Waals surface area contributed by atoms with Crippen molar-refractivity contribution in [2.45, 2.75) is 44.7 Å². The third-order valence-corrected chi connectivity index (χ3v) is 3.96. The molecule has 0 radical (unpaired) electrons. The van der Waals surface area contributed by atoms with E-state index in [-0.39, 0.29) is 0 Å². The van der Waals surface area contributed by atoms with E-state index in [0.29, 0.717) is 29.4 Å². The molecule has 1 saturated carbocycles. The molecule has 0 bridgehead atoms. The first-order valence-electron chi connectivity index (χ1n) is 7.13. The van der Waals surface area contributed by atoms with Crippen LogP contribution in [0.2, 0.25) is 5.02 Å². The number of aromatic nitrogens is 2. The van der Waals surface area contributed by atoms with Gasteiger partial charge in [-0.25, -0.2) is 0 Å². The minimum Gasteiger partial charge on any atom is -0.419 e. The maximum absolute atomic E-state index is 5.86. The summed E-state index contributed by atoms with van der Waals surface area (Å²) >= 11 is 5.86. The summed E-state index contributed by atoms with van der Waals surface area (Å²) in [4.78, 5) is 0. The van der Waals surface area contributed by atoms with Crippen LogP contribution in [0.15, 0.2) is 28.7 Å². The molecule has 1 aliphatic carbocycles. The van der Waals surface area contributed by atoms with Crippen molar-refractivity contribution in [2.24, 2.45) is 0 Å². The summed E-state index contributed by atoms with van der Waals surface area (Å²) in [5, 5.41) is 12.4. The van der Waals surface area contributed by atoms with Gasteiger partial charge in [-0.3, -0.25) is 0 Å². The highest BCUT2D eigenvalue weighted by Crippen LogP contribution is 2.21. The molecule has 4 nitrogen and oxygen atoms in total. The minimum absolute atomic E-state index is 0.544. The summed E-state index contributed by atoms with van der Waals surface area (Å²) in [5.41, 5.74) is 0.894. The number of benzene rings is 1. The van der Waals surface area contributed by atoms with Crippen molar-refractivity contribution in [3.8, 4) is 11.5 Å². The zero-order valence-corrected chi connectivity index (χ0v) is 12.1. The molecule has 0 atom stereocenters. The molecular weight excluding hydrogens is 274 g/mol. The molecule has 0 unspecified atom stereocenters. The summed E-state index contributed by atoms with van der Waals surface area (Å²) in [7, 11) is 0. The normalized spacial score (nSPS) is 16.4. The predicted molar refractivity (Wildman–Crippen MR) is 78.5 cm³/mol. The number of hydrogen-bond donors (Lipinski definition) is 1. The van der Waals surface area contributed by atoms with Gasteiger partial charge < -0.3 is 9.73 Å². The quantitative estimate of drug-likeness (QED) is 0.930. The Morgan fingerprint density at radius 3 is 2.60 bits per heavy atom. The summed E-state index contributed by atoms with van der Waals surface area (Å²) in [5.74, 6) is 1.18. The second-order valence-corrected chi connectivity index (χ2v) is 5.66. The molecule has 0 amide bonds. The third kappa shape index (κ3) is 3.38. The van der Waals surface area contributed by atoms with Gasteiger partial charge in [0.1, 0.15) is 0 Å². The lowest BCUT2D eigenvalue weighted by atomic mass is 9.95. The van der Waals surface area contributed by atoms with E-state index in [4.69, 9.17) is 16.0 Å². The Kier molecular flexibility index (Phi) is 4.33. The highest BCUT2D eigenvalue weighted by molar-refractivity contribution is 6.30. The van der Waals surface area contributed by atoms with E-state index in [0.717, 1.165) is 5.56 Å². The standard InChI is InChI=1S/C15H18ClN3O/c16-12-8-6-11(7-9-12)15-19-18-14(20-15)10-17-13-4-2-1-3-5-13/h6-9,13,17H,1-5,10H2. The van der Waals surface area contributed by atoms with Crippen molar-refractivity contribution in [2.75, 3.05) is 0 Å². The molecule has 1 aromatic heterocycles. The zero-order chi connectivity index (χ0) is 13.8. The van der Waals surface area contributed by atoms with Crippen molar-refractivity contribution < 1.29 is 4.42 Å². The van der Waals surface area contributed by atoms with Crippen molar-refractivity contribution in [1.82, 2.24) is 15.5 Å². The number of nitrogens with one attached hydrogen (secondary N) is 1. The number of rotatable bonds is 4. The largest absolute Gasteiger partial charge is 0.419 e. The summed E-state index contributed by atoms with van der Waals surface area (Å²) in [6, 6.07) is 8.00. The first-order chi connectivity index (χ1) is 9.81. The van der Waals surface area contributed by atoms with Gasteiger partial charge in [0.25, 0.3) is 0 Å². The molecule has 5 heteroatoms. The molecule has 3 rings (SSSR count). The van der Waals surface area contributed by atoms with E-state index in [1.807, 2.05) is 24.3 Å². The van der Waals surface area contributed by atoms with Crippen LogP contribution in [0.5, 0.6) is 0 Å². The molecule has 0 aliphatic heterocycles. The van der Waals surface area contributed by atoms with Crippen molar-refractivity contribution in [3.05, 3.63) is 35.2 Å². The molecular formula is C15H18ClN3O. The molecule has 106 valence electrons. The highest BCUT2D eigenvalue weighted by atomic mass is 35.5. The second kappa shape index (κ2) is 6.37. The molecule has 1 aromatic carbocycles. The first kappa shape index (κ1) is 13.6. The van der Waals surface area contributed by atoms with Gasteiger partial charge in [0.2, 0.25) is 11.8 Å². The topological polar surface area (TPSA) is 51.0 Å². The molecule has 20 heavy (non-hydrogen) atoms. The molecule has 1 heterocycles. The Bertz CT molecular complexity index is 547. The predicted octanol–water partition coefficient (Wildman–Crippen LogP) is 3.81. The van der Waals surface area contributed by atoms with E-state index < -0.39 is 0 Å². The van der Waals surface area contributed by atoms with Crippen LogP contribution in [0.4, 0.5) is 0 Å². The average molecular weight is 292 g/mol. The molecule has 0 saturated heterocycles. The van der Waals surface area contributed by atoms with E-state index in [9.17, 15) is 0 Å². The third-order valence-electron chi connectivity index (χ3n) is 3.71. The lowest BCUT2D eigenvalue weighted by Gasteiger charge is -2.21. The average Bonchev–Trinajstić information content (AvgIpc) is 2.96. The Labute approximate surface area is 123 Å². The number of nitrogens with zero attached hydrogens (tertiary/aromatic N) is 2. The van der Waals surface area contributed by atoms with Crippen LogP contribution in [0.1, 0.15) is 38.0 Å². The molecule has 1 aliphatic rings. The SMILES string of the molecule is Clc1ccc(-c2nnc(CNC3CCCCC3)o2)cc1. The van der Waals surface area contributed by atoms with Crippen molar-refractivity contribution in [3.63, 3.8) is 0 Å². The van der Waals surface area contributed by atoms with Gasteiger partial charge in [0.05, 0.1) is 6.54 Å². The summed E-state index contributed by atoms with van der Waals surface area (Å²) in [6.45, 7) is 0.644. The molecule has 0 spiro atoms. The van der Waals surface area contributed by atoms with Gasteiger partial charge in [-0.1, -0.05) is 30.9 Å². The second-order valence-electron chi connectivity index (χ2n) is 5.22. The smallest absolute Gasteiger partial charge is 0.247 e. The van der Waals surface area contributed by atoms with Crippen molar-refractivity contribution >= 4 is 11.6 Å². The van der Waals surface area contributed by atoms with Gasteiger partial charge in [0, 0.05) is 16.6 Å². The van der Waals surface area contributed by atoms with Crippen LogP contribution in [0.3, 0.4) is 0 Å². The maximum Gasteiger partial charge on any atom is 0.247 e. The Morgan fingerprint density at radius 2 is 1.85 bits per heavy atom. The van der Waals surface area contributed by atoms with E-state index in [2.05, 4.69) is 15.5 Å². The van der Waals surface area contributed by atoms with Gasteiger partial charge in [0.15, 0.2) is 0 Å². The van der Waals surface area contributed by atoms with Crippen LogP contribution in [-0.4, -0.2) is 16.2 Å². The van der Waals surface area contributed by atoms with E-state index >= 15 is 0 Å². The van der Waals surface area contributed by atoms with Gasteiger partial charge in [-0.05, 0) is 37.1 Å². The van der Waals surface area contributed by atoms with Crippen LogP contribution < -0.4 is 5.32 Å². The monoisotopic (exact) mass is 291 g/mol. The van der Waals surface area contributed by atoms with E-state index in [1.54, 1.807) is 0 Å². The molecule has 1 N–H and O–H groups in total. The summed E-state index contributed by atoms with van der Waals surface area (Å²) in [6.07, 6.45) is 6.49. The number of hydrogen-bond acceptors (Lipinski definition) is 4. The lowest BCUT2D eigenvalue weighted by molar-refractivity contribution is 0.354. The Hall–Kier alpha value is -1.39. The maximum atomic E-state index is 5.86. The van der Waals surface area contributed by atoms with E-state index in [1.165, 1.54) is 32.1 Å². The van der Waals surface area contributed by atoms with Crippen LogP contribution in [-0.2, 0) is 6.54 Å². The minimum atomic E-state index is 0.544. The van der Waals surface area contributed by atoms with Crippen LogP contribution in [0, 0.1) is 0 Å². The van der Waals surface area contributed by atoms with Gasteiger partial charge in [-0.15, -0.1) is 10.2 Å². The first-order valence-corrected chi connectivity index (χ1v) is 7.51. The van der Waals surface area contributed by atoms with Crippen molar-refractivity contribution in [1.29, 1.82) is 0 Å². The number of halogens is 1. The Morgan fingerprint density at radius 1 is 1.10 bits per heavy atom. The Balaban J connectivity index is 1.60. The molecule has 1 fully saturated rings.